The highest BCUT2D eigenvalue weighted by Gasteiger charge is 2.23. The summed E-state index contributed by atoms with van der Waals surface area (Å²) in [7, 11) is 0. The van der Waals surface area contributed by atoms with Crippen LogP contribution in [0.3, 0.4) is 0 Å². The molecule has 0 N–H and O–H groups in total. The minimum atomic E-state index is -0.958. The molecule has 0 fully saturated rings. The largest absolute Gasteiger partial charge is 0.518 e. The third-order valence-corrected chi connectivity index (χ3v) is 8.67. The second kappa shape index (κ2) is 17.9. The van der Waals surface area contributed by atoms with Crippen molar-refractivity contribution in [3.05, 3.63) is 47.5 Å². The summed E-state index contributed by atoms with van der Waals surface area (Å²) in [5.41, 5.74) is 6.24. The van der Waals surface area contributed by atoms with Gasteiger partial charge in [0.05, 0.1) is 13.2 Å². The molecular weight excluding hydrogens is 512 g/mol. The lowest BCUT2D eigenvalue weighted by Crippen LogP contribution is -2.16. The molecule has 1 aliphatic heterocycles. The summed E-state index contributed by atoms with van der Waals surface area (Å²) in [4.78, 5) is 23.3. The van der Waals surface area contributed by atoms with E-state index in [9.17, 15) is 9.59 Å². The molecule has 0 saturated heterocycles. The summed E-state index contributed by atoms with van der Waals surface area (Å²) in [6.07, 6.45) is 21.6. The fourth-order valence-corrected chi connectivity index (χ4v) is 6.46. The molecule has 41 heavy (non-hydrogen) atoms. The van der Waals surface area contributed by atoms with E-state index in [1.807, 2.05) is 0 Å². The van der Waals surface area contributed by atoms with Crippen molar-refractivity contribution in [2.75, 3.05) is 13.2 Å². The van der Waals surface area contributed by atoms with Crippen LogP contribution < -0.4 is 0 Å². The van der Waals surface area contributed by atoms with Crippen molar-refractivity contribution in [3.63, 3.8) is 0 Å². The lowest BCUT2D eigenvalue weighted by atomic mass is 9.94. The molecule has 0 spiro atoms. The number of carbonyl (C=O) groups is 2. The van der Waals surface area contributed by atoms with Crippen LogP contribution in [-0.4, -0.2) is 25.5 Å². The number of cyclic esters (lactones) is 4. The number of hydrogen-bond acceptors (Lipinski definition) is 5. The Hall–Kier alpha value is -2.82. The monoisotopic (exact) mass is 562 g/mol. The van der Waals surface area contributed by atoms with E-state index in [2.05, 4.69) is 41.1 Å². The van der Waals surface area contributed by atoms with Crippen molar-refractivity contribution >= 4 is 34.2 Å². The molecule has 0 radical (unpaired) electrons. The Balaban J connectivity index is 1.27. The molecular formula is C36H50O5. The first-order chi connectivity index (χ1) is 20.2. The smallest absolute Gasteiger partial charge is 0.434 e. The molecule has 0 bridgehead atoms. The van der Waals surface area contributed by atoms with Gasteiger partial charge in [-0.15, -0.1) is 0 Å². The van der Waals surface area contributed by atoms with Gasteiger partial charge in [0.1, 0.15) is 0 Å². The molecule has 5 nitrogen and oxygen atoms in total. The molecule has 2 aromatic rings. The maximum absolute atomic E-state index is 11.6. The number of allylic oxidation sites excluding steroid dienone is 2. The van der Waals surface area contributed by atoms with Gasteiger partial charge in [-0.25, -0.2) is 9.59 Å². The topological polar surface area (TPSA) is 61.8 Å². The van der Waals surface area contributed by atoms with Crippen LogP contribution in [0.4, 0.5) is 9.59 Å². The highest BCUT2D eigenvalue weighted by atomic mass is 16.8. The van der Waals surface area contributed by atoms with Gasteiger partial charge in [-0.3, -0.25) is 0 Å². The minimum absolute atomic E-state index is 0.279. The fourth-order valence-electron chi connectivity index (χ4n) is 6.46. The van der Waals surface area contributed by atoms with E-state index in [0.717, 1.165) is 38.5 Å². The Bertz CT molecular complexity index is 1050. The van der Waals surface area contributed by atoms with Crippen LogP contribution >= 0.6 is 0 Å². The summed E-state index contributed by atoms with van der Waals surface area (Å²) in [6.45, 7) is 0.559. The molecule has 5 heteroatoms. The molecule has 0 amide bonds. The van der Waals surface area contributed by atoms with Crippen molar-refractivity contribution in [3.8, 4) is 0 Å². The van der Waals surface area contributed by atoms with E-state index < -0.39 is 12.3 Å². The van der Waals surface area contributed by atoms with Crippen molar-refractivity contribution in [1.29, 1.82) is 0 Å². The van der Waals surface area contributed by atoms with E-state index >= 15 is 0 Å². The van der Waals surface area contributed by atoms with Crippen molar-refractivity contribution in [2.45, 2.75) is 128 Å². The number of benzene rings is 2. The number of rotatable bonds is 0. The average Bonchev–Trinajstić information content (AvgIpc) is 3.27. The van der Waals surface area contributed by atoms with Gasteiger partial charge in [-0.2, -0.15) is 0 Å². The van der Waals surface area contributed by atoms with Gasteiger partial charge >= 0.3 is 12.3 Å². The van der Waals surface area contributed by atoms with Crippen molar-refractivity contribution in [1.82, 2.24) is 0 Å². The maximum atomic E-state index is 11.6. The normalized spacial score (nSPS) is 20.6. The number of ether oxygens (including phenoxy) is 3. The number of hydrogen-bond donors (Lipinski definition) is 0. The molecule has 4 rings (SSSR count). The van der Waals surface area contributed by atoms with Crippen LogP contribution in [0, 0.1) is 0 Å². The van der Waals surface area contributed by atoms with Crippen LogP contribution in [-0.2, 0) is 14.2 Å². The standard InChI is InChI=1S/C36H50O5/c37-35-39-27-17-13-9-5-1-3-7-11-15-23-30-31(33-26-20-22-29-21-19-25-32(30)34(29)33)24-16-12-8-4-2-6-10-14-18-28-40-36(38)41-35/h19-22,25-26H,1-18,23-24,27-28H2. The van der Waals surface area contributed by atoms with E-state index in [-0.39, 0.29) is 13.2 Å². The van der Waals surface area contributed by atoms with Gasteiger partial charge in [-0.05, 0) is 71.6 Å². The highest BCUT2D eigenvalue weighted by Crippen LogP contribution is 2.46. The van der Waals surface area contributed by atoms with E-state index in [4.69, 9.17) is 9.47 Å². The van der Waals surface area contributed by atoms with Gasteiger partial charge in [0.2, 0.25) is 0 Å². The summed E-state index contributed by atoms with van der Waals surface area (Å²) in [6, 6.07) is 13.7. The Labute approximate surface area is 247 Å². The van der Waals surface area contributed by atoms with Gasteiger partial charge in [0.15, 0.2) is 0 Å². The molecule has 2 aliphatic rings. The molecule has 1 heterocycles. The summed E-state index contributed by atoms with van der Waals surface area (Å²) >= 11 is 0. The molecule has 0 atom stereocenters. The van der Waals surface area contributed by atoms with E-state index in [1.165, 1.54) is 112 Å². The second-order valence-electron chi connectivity index (χ2n) is 11.8. The summed E-state index contributed by atoms with van der Waals surface area (Å²) in [5.74, 6) is 0. The van der Waals surface area contributed by atoms with Crippen molar-refractivity contribution in [2.24, 2.45) is 0 Å². The first-order valence-electron chi connectivity index (χ1n) is 16.5. The lowest BCUT2D eigenvalue weighted by Gasteiger charge is -2.11. The van der Waals surface area contributed by atoms with E-state index in [1.54, 1.807) is 11.1 Å². The van der Waals surface area contributed by atoms with Crippen LogP contribution in [0.2, 0.25) is 0 Å². The van der Waals surface area contributed by atoms with Gasteiger partial charge < -0.3 is 14.2 Å². The SMILES string of the molecule is O=C1OCCCCCCCCCCCC2=C(CCCCCCCCCCCOC(=O)O1)c1cccc3cccc2c13. The van der Waals surface area contributed by atoms with E-state index in [0.29, 0.717) is 0 Å². The average molecular weight is 563 g/mol. The zero-order valence-corrected chi connectivity index (χ0v) is 25.1. The molecule has 0 saturated carbocycles. The summed E-state index contributed by atoms with van der Waals surface area (Å²) in [5, 5.41) is 2.87. The van der Waals surface area contributed by atoms with Crippen molar-refractivity contribution < 1.29 is 23.8 Å². The minimum Gasteiger partial charge on any atom is -0.434 e. The number of fused-ring (bicyclic) bond motifs is 2. The molecule has 0 unspecified atom stereocenters. The molecule has 1 aliphatic carbocycles. The predicted octanol–water partition coefficient (Wildman–Crippen LogP) is 11.2. The van der Waals surface area contributed by atoms with Gasteiger partial charge in [0.25, 0.3) is 0 Å². The first-order valence-corrected chi connectivity index (χ1v) is 16.5. The zero-order valence-electron chi connectivity index (χ0n) is 25.1. The Morgan fingerprint density at radius 3 is 1.22 bits per heavy atom. The van der Waals surface area contributed by atoms with Gasteiger partial charge in [0, 0.05) is 0 Å². The molecule has 2 aromatic carbocycles. The Morgan fingerprint density at radius 2 is 0.805 bits per heavy atom. The first kappa shape index (κ1) is 31.1. The Kier molecular flexibility index (Phi) is 13.6. The highest BCUT2D eigenvalue weighted by molar-refractivity contribution is 6.13. The fraction of sp³-hybridized carbons (Fsp3) is 0.611. The lowest BCUT2D eigenvalue weighted by molar-refractivity contribution is 0.0353. The second-order valence-corrected chi connectivity index (χ2v) is 11.8. The van der Waals surface area contributed by atoms with Crippen LogP contribution in [0.15, 0.2) is 36.4 Å². The number of carbonyl (C=O) groups excluding carboxylic acids is 2. The zero-order chi connectivity index (χ0) is 28.5. The van der Waals surface area contributed by atoms with Crippen LogP contribution in [0.25, 0.3) is 21.9 Å². The predicted molar refractivity (Wildman–Crippen MR) is 167 cm³/mol. The third-order valence-electron chi connectivity index (χ3n) is 8.67. The summed E-state index contributed by atoms with van der Waals surface area (Å²) < 4.78 is 14.6. The molecule has 0 aromatic heterocycles. The van der Waals surface area contributed by atoms with Crippen LogP contribution in [0.1, 0.15) is 140 Å². The quantitative estimate of drug-likeness (QED) is 0.236. The Morgan fingerprint density at radius 1 is 0.439 bits per heavy atom. The van der Waals surface area contributed by atoms with Gasteiger partial charge in [-0.1, -0.05) is 126 Å². The molecule has 224 valence electrons. The van der Waals surface area contributed by atoms with Crippen LogP contribution in [0.5, 0.6) is 0 Å². The third kappa shape index (κ3) is 10.2. The maximum Gasteiger partial charge on any atom is 0.518 e.